The van der Waals surface area contributed by atoms with Crippen LogP contribution in [0.25, 0.3) is 10.9 Å². The van der Waals surface area contributed by atoms with Crippen LogP contribution in [0.2, 0.25) is 0 Å². The first-order valence-corrected chi connectivity index (χ1v) is 10.6. The van der Waals surface area contributed by atoms with Gasteiger partial charge >= 0.3 is 0 Å². The maximum atomic E-state index is 10.6. The molecule has 1 aromatic heterocycles. The molecule has 0 unspecified atom stereocenters. The number of nitrogens with zero attached hydrogens (tertiary/aromatic N) is 2. The normalized spacial score (nSPS) is 10.2. The Labute approximate surface area is 187 Å². The number of allylic oxidation sites excluding steroid dienone is 3. The number of benzene rings is 2. The van der Waals surface area contributed by atoms with E-state index in [0.717, 1.165) is 23.1 Å². The first-order chi connectivity index (χ1) is 15.0. The topological polar surface area (TPSA) is 72.9 Å². The van der Waals surface area contributed by atoms with Gasteiger partial charge in [0.15, 0.2) is 0 Å². The Morgan fingerprint density at radius 1 is 1.10 bits per heavy atom. The molecule has 168 valence electrons. The highest BCUT2D eigenvalue weighted by atomic mass is 16.1. The van der Waals surface area contributed by atoms with Crippen LogP contribution < -0.4 is 11.1 Å². The number of aromatic nitrogens is 2. The molecule has 0 fully saturated rings. The lowest BCUT2D eigenvalue weighted by molar-refractivity contribution is 0.112. The third-order valence-electron chi connectivity index (χ3n) is 4.31. The minimum atomic E-state index is 0.699. The minimum absolute atomic E-state index is 0.699. The number of aldehydes is 1. The second-order valence-electron chi connectivity index (χ2n) is 6.37. The molecule has 0 radical (unpaired) electrons. The summed E-state index contributed by atoms with van der Waals surface area (Å²) in [6.07, 6.45) is 6.16. The second kappa shape index (κ2) is 16.5. The number of para-hydroxylation sites is 1. The summed E-state index contributed by atoms with van der Waals surface area (Å²) in [4.78, 5) is 10.6. The lowest BCUT2D eigenvalue weighted by atomic mass is 10.1. The zero-order valence-electron chi connectivity index (χ0n) is 20.0. The average molecular weight is 423 g/mol. The van der Waals surface area contributed by atoms with E-state index in [1.807, 2.05) is 95.7 Å². The van der Waals surface area contributed by atoms with Crippen LogP contribution in [0.4, 0.5) is 0 Å². The van der Waals surface area contributed by atoms with Crippen LogP contribution in [0.3, 0.4) is 0 Å². The van der Waals surface area contributed by atoms with E-state index < -0.39 is 0 Å². The highest BCUT2D eigenvalue weighted by Gasteiger charge is 2.06. The van der Waals surface area contributed by atoms with E-state index in [4.69, 9.17) is 5.73 Å². The van der Waals surface area contributed by atoms with Gasteiger partial charge in [0.1, 0.15) is 6.29 Å². The van der Waals surface area contributed by atoms with E-state index in [-0.39, 0.29) is 0 Å². The van der Waals surface area contributed by atoms with Crippen LogP contribution >= 0.6 is 0 Å². The summed E-state index contributed by atoms with van der Waals surface area (Å²) >= 11 is 0. The third-order valence-corrected chi connectivity index (χ3v) is 4.31. The number of nitrogens with one attached hydrogen (secondary N) is 1. The monoisotopic (exact) mass is 422 g/mol. The fourth-order valence-electron chi connectivity index (χ4n) is 2.43. The molecule has 1 heterocycles. The third kappa shape index (κ3) is 9.81. The summed E-state index contributed by atoms with van der Waals surface area (Å²) in [5.41, 5.74) is 10.1. The van der Waals surface area contributed by atoms with Crippen molar-refractivity contribution >= 4 is 17.2 Å². The number of carbonyl (C=O) groups is 1. The zero-order valence-corrected chi connectivity index (χ0v) is 20.0. The Balaban J connectivity index is 0.000000629. The maximum absolute atomic E-state index is 10.6. The average Bonchev–Trinajstić information content (AvgIpc) is 3.16. The molecule has 31 heavy (non-hydrogen) atoms. The van der Waals surface area contributed by atoms with Crippen molar-refractivity contribution in [2.24, 2.45) is 5.73 Å². The Morgan fingerprint density at radius 2 is 1.68 bits per heavy atom. The molecular weight excluding hydrogens is 384 g/mol. The number of carbonyl (C=O) groups excluding carboxylic acids is 1. The molecule has 5 nitrogen and oxygen atoms in total. The van der Waals surface area contributed by atoms with Crippen LogP contribution in [0.1, 0.15) is 56.2 Å². The molecule has 0 aliphatic rings. The molecule has 0 amide bonds. The zero-order chi connectivity index (χ0) is 23.6. The van der Waals surface area contributed by atoms with Crippen LogP contribution in [0, 0.1) is 6.92 Å². The number of aryl methyl sites for hydroxylation is 1. The van der Waals surface area contributed by atoms with E-state index in [1.54, 1.807) is 6.08 Å². The Hall–Kier alpha value is -3.34. The van der Waals surface area contributed by atoms with Crippen molar-refractivity contribution in [2.45, 2.75) is 48.1 Å². The Bertz CT molecular complexity index is 934. The van der Waals surface area contributed by atoms with Gasteiger partial charge in [-0.05, 0) is 45.5 Å². The lowest BCUT2D eigenvalue weighted by Gasteiger charge is -2.04. The summed E-state index contributed by atoms with van der Waals surface area (Å²) in [6.45, 7) is 12.6. The molecular formula is C26H38N4O. The summed E-state index contributed by atoms with van der Waals surface area (Å²) in [7, 11) is 1.91. The minimum Gasteiger partial charge on any atom is -0.405 e. The Kier molecular flexibility index (Phi) is 14.7. The van der Waals surface area contributed by atoms with Gasteiger partial charge in [-0.15, -0.1) is 0 Å². The van der Waals surface area contributed by atoms with E-state index in [9.17, 15) is 4.79 Å². The largest absolute Gasteiger partial charge is 0.405 e. The van der Waals surface area contributed by atoms with Gasteiger partial charge in [0.25, 0.3) is 0 Å². The molecule has 0 atom stereocenters. The summed E-state index contributed by atoms with van der Waals surface area (Å²) in [6, 6.07) is 15.8. The van der Waals surface area contributed by atoms with Crippen molar-refractivity contribution in [1.29, 1.82) is 0 Å². The van der Waals surface area contributed by atoms with Crippen molar-refractivity contribution in [3.63, 3.8) is 0 Å². The van der Waals surface area contributed by atoms with E-state index in [1.165, 1.54) is 17.3 Å². The molecule has 0 aliphatic carbocycles. The van der Waals surface area contributed by atoms with Gasteiger partial charge in [-0.3, -0.25) is 9.48 Å². The number of rotatable bonds is 4. The van der Waals surface area contributed by atoms with Crippen LogP contribution in [0.5, 0.6) is 0 Å². The highest BCUT2D eigenvalue weighted by Crippen LogP contribution is 2.18. The number of nitrogens with two attached hydrogens (primary N) is 1. The van der Waals surface area contributed by atoms with Gasteiger partial charge in [-0.1, -0.05) is 68.5 Å². The van der Waals surface area contributed by atoms with Crippen molar-refractivity contribution in [3.05, 3.63) is 89.4 Å². The molecule has 0 aliphatic heterocycles. The van der Waals surface area contributed by atoms with Gasteiger partial charge in [0.2, 0.25) is 0 Å². The number of hydrogen-bond donors (Lipinski definition) is 2. The SMILES string of the molecule is C/C=C(\C)NC.C/C=C/N.CC.Cc1nn(Cc2ccc(C=O)cc2)c2ccccc12. The number of fused-ring (bicyclic) bond motifs is 1. The fraction of sp³-hybridized carbons (Fsp3) is 0.308. The molecule has 2 aromatic carbocycles. The van der Waals surface area contributed by atoms with Gasteiger partial charge in [-0.25, -0.2) is 0 Å². The van der Waals surface area contributed by atoms with Crippen LogP contribution in [0.15, 0.2) is 72.6 Å². The smallest absolute Gasteiger partial charge is 0.150 e. The predicted molar refractivity (Wildman–Crippen MR) is 134 cm³/mol. The summed E-state index contributed by atoms with van der Waals surface area (Å²) < 4.78 is 2.00. The second-order valence-corrected chi connectivity index (χ2v) is 6.37. The van der Waals surface area contributed by atoms with Crippen LogP contribution in [-0.2, 0) is 6.54 Å². The Morgan fingerprint density at radius 3 is 2.13 bits per heavy atom. The molecule has 3 N–H and O–H groups in total. The molecule has 0 saturated heterocycles. The maximum Gasteiger partial charge on any atom is 0.150 e. The van der Waals surface area contributed by atoms with Crippen LogP contribution in [-0.4, -0.2) is 23.1 Å². The molecule has 0 saturated carbocycles. The van der Waals surface area contributed by atoms with Crippen molar-refractivity contribution in [3.8, 4) is 0 Å². The molecule has 5 heteroatoms. The fourth-order valence-corrected chi connectivity index (χ4v) is 2.43. The molecule has 0 spiro atoms. The first kappa shape index (κ1) is 27.7. The van der Waals surface area contributed by atoms with Gasteiger partial charge in [-0.2, -0.15) is 5.10 Å². The number of hydrogen-bond acceptors (Lipinski definition) is 4. The highest BCUT2D eigenvalue weighted by molar-refractivity contribution is 5.81. The van der Waals surface area contributed by atoms with Crippen molar-refractivity contribution < 1.29 is 4.79 Å². The molecule has 3 aromatic rings. The first-order valence-electron chi connectivity index (χ1n) is 10.6. The van der Waals surface area contributed by atoms with Gasteiger partial charge in [0, 0.05) is 23.7 Å². The standard InChI is InChI=1S/C16H14N2O.C5H11N.C3H7N.C2H6/c1-12-15-4-2-3-5-16(15)18(17-12)10-13-6-8-14(11-19)9-7-13;1-4-5(2)6-3;1-2-3-4;1-2/h2-9,11H,10H2,1H3;4,6H,1-3H3;2-3H,4H2,1H3;1-2H3/b;5-4+;3-2+;. The predicted octanol–water partition coefficient (Wildman–Crippen LogP) is 5.84. The molecule has 3 rings (SSSR count). The van der Waals surface area contributed by atoms with E-state index in [2.05, 4.69) is 22.5 Å². The lowest BCUT2D eigenvalue weighted by Crippen LogP contribution is -2.01. The van der Waals surface area contributed by atoms with E-state index in [0.29, 0.717) is 12.1 Å². The molecule has 0 bridgehead atoms. The van der Waals surface area contributed by atoms with Gasteiger partial charge in [0.05, 0.1) is 17.8 Å². The van der Waals surface area contributed by atoms with E-state index >= 15 is 0 Å². The summed E-state index contributed by atoms with van der Waals surface area (Å²) in [5.74, 6) is 0. The van der Waals surface area contributed by atoms with Crippen molar-refractivity contribution in [2.75, 3.05) is 7.05 Å². The van der Waals surface area contributed by atoms with Gasteiger partial charge < -0.3 is 11.1 Å². The summed E-state index contributed by atoms with van der Waals surface area (Å²) in [5, 5.41) is 8.74. The quantitative estimate of drug-likeness (QED) is 0.518. The van der Waals surface area contributed by atoms with Crippen molar-refractivity contribution in [1.82, 2.24) is 15.1 Å².